The number of benzene rings is 2. The second kappa shape index (κ2) is 4.80. The van der Waals surface area contributed by atoms with E-state index >= 15 is 0 Å². The van der Waals surface area contributed by atoms with Crippen molar-refractivity contribution in [1.82, 2.24) is 0 Å². The van der Waals surface area contributed by atoms with Gasteiger partial charge in [0.25, 0.3) is 0 Å². The smallest absolute Gasteiger partial charge is 0.412 e. The molecule has 0 heterocycles. The molecule has 2 aromatic carbocycles. The predicted molar refractivity (Wildman–Crippen MR) is 75.5 cm³/mol. The second-order valence-electron chi connectivity index (χ2n) is 5.30. The molecule has 2 N–H and O–H groups in total. The molecule has 0 spiro atoms. The lowest BCUT2D eigenvalue weighted by Gasteiger charge is -2.20. The molecule has 0 radical (unpaired) electrons. The summed E-state index contributed by atoms with van der Waals surface area (Å²) in [6.07, 6.45) is -0.511. The van der Waals surface area contributed by atoms with Crippen molar-refractivity contribution in [2.45, 2.75) is 26.4 Å². The SMILES string of the molecule is CC(C)(C)OC(=O)Nc1cccc2c(O)cccc12. The van der Waals surface area contributed by atoms with Gasteiger partial charge in [-0.05, 0) is 32.9 Å². The van der Waals surface area contributed by atoms with Crippen molar-refractivity contribution in [2.75, 3.05) is 5.32 Å². The molecule has 0 aliphatic carbocycles. The van der Waals surface area contributed by atoms with Crippen LogP contribution in [0.15, 0.2) is 36.4 Å². The number of fused-ring (bicyclic) bond motifs is 1. The van der Waals surface area contributed by atoms with Crippen molar-refractivity contribution in [3.05, 3.63) is 36.4 Å². The highest BCUT2D eigenvalue weighted by atomic mass is 16.6. The van der Waals surface area contributed by atoms with Crippen LogP contribution in [0.5, 0.6) is 5.75 Å². The fourth-order valence-corrected chi connectivity index (χ4v) is 1.82. The second-order valence-corrected chi connectivity index (χ2v) is 5.30. The molecule has 0 aliphatic heterocycles. The van der Waals surface area contributed by atoms with Crippen LogP contribution in [0.3, 0.4) is 0 Å². The molecule has 1 amide bonds. The van der Waals surface area contributed by atoms with Gasteiger partial charge in [-0.25, -0.2) is 4.79 Å². The van der Waals surface area contributed by atoms with Crippen LogP contribution in [0.1, 0.15) is 20.8 Å². The van der Waals surface area contributed by atoms with Crippen molar-refractivity contribution in [1.29, 1.82) is 0 Å². The number of aromatic hydroxyl groups is 1. The summed E-state index contributed by atoms with van der Waals surface area (Å²) < 4.78 is 5.21. The molecule has 0 atom stereocenters. The Labute approximate surface area is 112 Å². The molecule has 2 aromatic rings. The molecule has 19 heavy (non-hydrogen) atoms. The van der Waals surface area contributed by atoms with Crippen molar-refractivity contribution in [2.24, 2.45) is 0 Å². The number of carbonyl (C=O) groups excluding carboxylic acids is 1. The van der Waals surface area contributed by atoms with E-state index < -0.39 is 11.7 Å². The van der Waals surface area contributed by atoms with E-state index in [1.54, 1.807) is 30.3 Å². The lowest BCUT2D eigenvalue weighted by Crippen LogP contribution is -2.27. The van der Waals surface area contributed by atoms with Crippen molar-refractivity contribution < 1.29 is 14.6 Å². The summed E-state index contributed by atoms with van der Waals surface area (Å²) in [5, 5.41) is 13.9. The summed E-state index contributed by atoms with van der Waals surface area (Å²) in [4.78, 5) is 11.8. The van der Waals surface area contributed by atoms with E-state index in [0.29, 0.717) is 11.1 Å². The third kappa shape index (κ3) is 3.16. The summed E-state index contributed by atoms with van der Waals surface area (Å²) in [7, 11) is 0. The third-order valence-electron chi connectivity index (χ3n) is 2.53. The van der Waals surface area contributed by atoms with E-state index in [2.05, 4.69) is 5.32 Å². The summed E-state index contributed by atoms with van der Waals surface area (Å²) in [6.45, 7) is 5.42. The van der Waals surface area contributed by atoms with Crippen molar-refractivity contribution in [3.8, 4) is 5.75 Å². The molecule has 4 nitrogen and oxygen atoms in total. The van der Waals surface area contributed by atoms with Crippen LogP contribution in [-0.2, 0) is 4.74 Å². The van der Waals surface area contributed by atoms with Crippen LogP contribution in [-0.4, -0.2) is 16.8 Å². The van der Waals surface area contributed by atoms with Crippen LogP contribution >= 0.6 is 0 Å². The normalized spacial score (nSPS) is 11.3. The molecular formula is C15H17NO3. The molecule has 2 rings (SSSR count). The molecule has 0 saturated heterocycles. The molecule has 0 bridgehead atoms. The zero-order chi connectivity index (χ0) is 14.0. The van der Waals surface area contributed by atoms with Gasteiger partial charge in [-0.1, -0.05) is 24.3 Å². The van der Waals surface area contributed by atoms with Gasteiger partial charge >= 0.3 is 6.09 Å². The Kier molecular flexibility index (Phi) is 3.34. The van der Waals surface area contributed by atoms with E-state index in [4.69, 9.17) is 4.74 Å². The minimum Gasteiger partial charge on any atom is -0.507 e. The number of phenolic OH excluding ortho intramolecular Hbond substituents is 1. The van der Waals surface area contributed by atoms with E-state index in [1.165, 1.54) is 0 Å². The Morgan fingerprint density at radius 2 is 1.74 bits per heavy atom. The Hall–Kier alpha value is -2.23. The first-order valence-corrected chi connectivity index (χ1v) is 6.07. The fourth-order valence-electron chi connectivity index (χ4n) is 1.82. The lowest BCUT2D eigenvalue weighted by molar-refractivity contribution is 0.0636. The highest BCUT2D eigenvalue weighted by Crippen LogP contribution is 2.29. The van der Waals surface area contributed by atoms with Gasteiger partial charge in [-0.15, -0.1) is 0 Å². The van der Waals surface area contributed by atoms with Crippen LogP contribution in [0, 0.1) is 0 Å². The lowest BCUT2D eigenvalue weighted by atomic mass is 10.1. The third-order valence-corrected chi connectivity index (χ3v) is 2.53. The largest absolute Gasteiger partial charge is 0.507 e. The number of carbonyl (C=O) groups is 1. The number of hydrogen-bond acceptors (Lipinski definition) is 3. The number of nitrogens with one attached hydrogen (secondary N) is 1. The zero-order valence-corrected chi connectivity index (χ0v) is 11.2. The number of amides is 1. The molecule has 4 heteroatoms. The summed E-state index contributed by atoms with van der Waals surface area (Å²) in [5.74, 6) is 0.185. The molecule has 0 aliphatic rings. The minimum absolute atomic E-state index is 0.185. The number of anilines is 1. The number of hydrogen-bond donors (Lipinski definition) is 2. The fraction of sp³-hybridized carbons (Fsp3) is 0.267. The standard InChI is InChI=1S/C15H17NO3/c1-15(2,3)19-14(18)16-12-8-4-7-11-10(12)6-5-9-13(11)17/h4-9,17H,1-3H3,(H,16,18). The average molecular weight is 259 g/mol. The van der Waals surface area contributed by atoms with Crippen molar-refractivity contribution in [3.63, 3.8) is 0 Å². The number of ether oxygens (including phenoxy) is 1. The zero-order valence-electron chi connectivity index (χ0n) is 11.2. The molecule has 0 aromatic heterocycles. The highest BCUT2D eigenvalue weighted by Gasteiger charge is 2.17. The van der Waals surface area contributed by atoms with Gasteiger partial charge in [-0.2, -0.15) is 0 Å². The van der Waals surface area contributed by atoms with Gasteiger partial charge < -0.3 is 9.84 Å². The monoisotopic (exact) mass is 259 g/mol. The van der Waals surface area contributed by atoms with Gasteiger partial charge in [0, 0.05) is 10.8 Å². The van der Waals surface area contributed by atoms with Gasteiger partial charge in [0.05, 0.1) is 5.69 Å². The Bertz CT molecular complexity index is 614. The van der Waals surface area contributed by atoms with Gasteiger partial charge in [-0.3, -0.25) is 5.32 Å². The maximum absolute atomic E-state index is 11.8. The van der Waals surface area contributed by atoms with Crippen LogP contribution in [0.4, 0.5) is 10.5 Å². The first-order chi connectivity index (χ1) is 8.87. The van der Waals surface area contributed by atoms with Crippen molar-refractivity contribution >= 4 is 22.6 Å². The molecule has 0 saturated carbocycles. The predicted octanol–water partition coefficient (Wildman–Crippen LogP) is 3.89. The summed E-state index contributed by atoms with van der Waals surface area (Å²) in [6, 6.07) is 10.5. The average Bonchev–Trinajstić information content (AvgIpc) is 2.28. The van der Waals surface area contributed by atoms with Crippen LogP contribution < -0.4 is 5.32 Å². The van der Waals surface area contributed by atoms with Gasteiger partial charge in [0.2, 0.25) is 0 Å². The number of rotatable bonds is 1. The maximum atomic E-state index is 11.8. The van der Waals surface area contributed by atoms with E-state index in [0.717, 1.165) is 5.39 Å². The van der Waals surface area contributed by atoms with Gasteiger partial charge in [0.1, 0.15) is 11.4 Å². The Balaban J connectivity index is 2.31. The molecule has 0 fully saturated rings. The van der Waals surface area contributed by atoms with E-state index in [9.17, 15) is 9.90 Å². The Morgan fingerprint density at radius 1 is 1.11 bits per heavy atom. The van der Waals surface area contributed by atoms with Crippen LogP contribution in [0.25, 0.3) is 10.8 Å². The van der Waals surface area contributed by atoms with E-state index in [-0.39, 0.29) is 5.75 Å². The topological polar surface area (TPSA) is 58.6 Å². The molecular weight excluding hydrogens is 242 g/mol. The van der Waals surface area contributed by atoms with E-state index in [1.807, 2.05) is 26.8 Å². The molecule has 0 unspecified atom stereocenters. The molecule has 100 valence electrons. The Morgan fingerprint density at radius 3 is 2.42 bits per heavy atom. The first-order valence-electron chi connectivity index (χ1n) is 6.07. The summed E-state index contributed by atoms with van der Waals surface area (Å²) >= 11 is 0. The van der Waals surface area contributed by atoms with Crippen LogP contribution in [0.2, 0.25) is 0 Å². The first kappa shape index (κ1) is 13.2. The van der Waals surface area contributed by atoms with Gasteiger partial charge in [0.15, 0.2) is 0 Å². The maximum Gasteiger partial charge on any atom is 0.412 e. The number of phenols is 1. The minimum atomic E-state index is -0.545. The highest BCUT2D eigenvalue weighted by molar-refractivity contribution is 6.02. The quantitative estimate of drug-likeness (QED) is 0.816. The summed E-state index contributed by atoms with van der Waals surface area (Å²) in [5.41, 5.74) is 0.0687.